The van der Waals surface area contributed by atoms with Crippen molar-refractivity contribution in [1.82, 2.24) is 19.7 Å². The Bertz CT molecular complexity index is 864. The molecule has 1 aliphatic rings. The molecule has 158 valence electrons. The Labute approximate surface area is 172 Å². The molecule has 0 spiro atoms. The van der Waals surface area contributed by atoms with Gasteiger partial charge in [-0.3, -0.25) is 0 Å². The summed E-state index contributed by atoms with van der Waals surface area (Å²) in [7, 11) is 1.78. The summed E-state index contributed by atoms with van der Waals surface area (Å²) in [6, 6.07) is 3.83. The molecule has 1 aliphatic carbocycles. The highest BCUT2D eigenvalue weighted by Gasteiger charge is 2.24. The first kappa shape index (κ1) is 21.2. The quantitative estimate of drug-likeness (QED) is 0.807. The monoisotopic (exact) mass is 401 g/mol. The topological polar surface area (TPSA) is 91.2 Å². The molecule has 0 bridgehead atoms. The maximum Gasteiger partial charge on any atom is 0.435 e. The Kier molecular flexibility index (Phi) is 6.21. The lowest BCUT2D eigenvalue weighted by molar-refractivity contribution is 0.0511. The standard InChI is InChI=1S/C21H31N5O3/c1-13-11-17(15-7-9-16(28-6)10-8-15)23-19(22-13)24-18-12-14(2)26(25-18)20(27)29-21(3,4)5/h11-12,15-16H,7-10H2,1-6H3,(H,22,23,24,25). The highest BCUT2D eigenvalue weighted by Crippen LogP contribution is 2.33. The fourth-order valence-electron chi connectivity index (χ4n) is 3.59. The average Bonchev–Trinajstić information content (AvgIpc) is 3.00. The second-order valence-corrected chi connectivity index (χ2v) is 8.66. The highest BCUT2D eigenvalue weighted by molar-refractivity contribution is 5.72. The molecule has 1 saturated carbocycles. The van der Waals surface area contributed by atoms with Crippen LogP contribution >= 0.6 is 0 Å². The van der Waals surface area contributed by atoms with Gasteiger partial charge < -0.3 is 14.8 Å². The Balaban J connectivity index is 1.75. The number of carbonyl (C=O) groups excluding carboxylic acids is 1. The number of aryl methyl sites for hydroxylation is 2. The van der Waals surface area contributed by atoms with Crippen LogP contribution in [0.25, 0.3) is 0 Å². The van der Waals surface area contributed by atoms with E-state index in [1.165, 1.54) is 4.68 Å². The Hall–Kier alpha value is -2.48. The molecule has 1 fully saturated rings. The summed E-state index contributed by atoms with van der Waals surface area (Å²) in [5.74, 6) is 1.40. The van der Waals surface area contributed by atoms with Crippen LogP contribution in [0.1, 0.15) is 69.5 Å². The van der Waals surface area contributed by atoms with Gasteiger partial charge in [0, 0.05) is 36.2 Å². The van der Waals surface area contributed by atoms with Gasteiger partial charge in [-0.1, -0.05) is 0 Å². The third kappa shape index (κ3) is 5.53. The molecule has 0 aromatic carbocycles. The Morgan fingerprint density at radius 3 is 2.45 bits per heavy atom. The lowest BCUT2D eigenvalue weighted by Gasteiger charge is -2.27. The lowest BCUT2D eigenvalue weighted by Crippen LogP contribution is -2.28. The maximum atomic E-state index is 12.3. The SMILES string of the molecule is COC1CCC(c2cc(C)nc(Nc3cc(C)n(C(=O)OC(C)(C)C)n3)n2)CC1. The van der Waals surface area contributed by atoms with E-state index < -0.39 is 11.7 Å². The van der Waals surface area contributed by atoms with Gasteiger partial charge in [0.2, 0.25) is 5.95 Å². The van der Waals surface area contributed by atoms with Gasteiger partial charge >= 0.3 is 6.09 Å². The van der Waals surface area contributed by atoms with Gasteiger partial charge in [0.25, 0.3) is 0 Å². The first-order valence-electron chi connectivity index (χ1n) is 10.1. The molecule has 0 unspecified atom stereocenters. The summed E-state index contributed by atoms with van der Waals surface area (Å²) >= 11 is 0. The summed E-state index contributed by atoms with van der Waals surface area (Å²) in [6.45, 7) is 9.24. The molecular formula is C21H31N5O3. The molecule has 0 aliphatic heterocycles. The number of rotatable bonds is 4. The van der Waals surface area contributed by atoms with Crippen molar-refractivity contribution in [3.05, 3.63) is 29.2 Å². The van der Waals surface area contributed by atoms with Gasteiger partial charge in [0.05, 0.1) is 6.10 Å². The lowest BCUT2D eigenvalue weighted by atomic mass is 9.85. The smallest absolute Gasteiger partial charge is 0.435 e. The largest absolute Gasteiger partial charge is 0.442 e. The van der Waals surface area contributed by atoms with E-state index in [1.54, 1.807) is 20.1 Å². The first-order chi connectivity index (χ1) is 13.6. The van der Waals surface area contributed by atoms with E-state index in [-0.39, 0.29) is 0 Å². The molecule has 0 atom stereocenters. The van der Waals surface area contributed by atoms with Crippen LogP contribution in [-0.2, 0) is 9.47 Å². The molecule has 0 radical (unpaired) electrons. The van der Waals surface area contributed by atoms with Crippen molar-refractivity contribution < 1.29 is 14.3 Å². The number of anilines is 2. The number of methoxy groups -OCH3 is 1. The minimum atomic E-state index is -0.584. The number of aromatic nitrogens is 4. The molecule has 2 heterocycles. The summed E-state index contributed by atoms with van der Waals surface area (Å²) in [6.07, 6.45) is 4.05. The normalized spacial score (nSPS) is 19.8. The molecule has 2 aromatic heterocycles. The summed E-state index contributed by atoms with van der Waals surface area (Å²) in [5.41, 5.74) is 2.03. The summed E-state index contributed by atoms with van der Waals surface area (Å²) in [5, 5.41) is 7.45. The van der Waals surface area contributed by atoms with Crippen molar-refractivity contribution in [3.63, 3.8) is 0 Å². The van der Waals surface area contributed by atoms with E-state index in [9.17, 15) is 4.79 Å². The molecule has 3 rings (SSSR count). The molecule has 2 aromatic rings. The van der Waals surface area contributed by atoms with E-state index >= 15 is 0 Å². The van der Waals surface area contributed by atoms with Crippen LogP contribution < -0.4 is 5.32 Å². The van der Waals surface area contributed by atoms with Gasteiger partial charge in [-0.15, -0.1) is 5.10 Å². The van der Waals surface area contributed by atoms with Crippen LogP contribution in [-0.4, -0.2) is 44.7 Å². The van der Waals surface area contributed by atoms with Gasteiger partial charge in [-0.25, -0.2) is 14.8 Å². The molecule has 0 amide bonds. The number of hydrogen-bond acceptors (Lipinski definition) is 7. The molecule has 0 saturated heterocycles. The molecule has 29 heavy (non-hydrogen) atoms. The van der Waals surface area contributed by atoms with Gasteiger partial charge in [0.1, 0.15) is 5.60 Å². The fraction of sp³-hybridized carbons (Fsp3) is 0.619. The molecule has 8 heteroatoms. The first-order valence-corrected chi connectivity index (χ1v) is 10.1. The predicted octanol–water partition coefficient (Wildman–Crippen LogP) is 4.49. The minimum Gasteiger partial charge on any atom is -0.442 e. The number of nitrogens with zero attached hydrogens (tertiary/aromatic N) is 4. The second-order valence-electron chi connectivity index (χ2n) is 8.66. The van der Waals surface area contributed by atoms with Gasteiger partial charge in [0.15, 0.2) is 5.82 Å². The zero-order valence-corrected chi connectivity index (χ0v) is 18.2. The maximum absolute atomic E-state index is 12.3. The van der Waals surface area contributed by atoms with Crippen molar-refractivity contribution in [2.45, 2.75) is 77.9 Å². The van der Waals surface area contributed by atoms with Crippen LogP contribution in [0, 0.1) is 13.8 Å². The van der Waals surface area contributed by atoms with Gasteiger partial charge in [-0.05, 0) is 66.4 Å². The molecular weight excluding hydrogens is 370 g/mol. The van der Waals surface area contributed by atoms with Crippen molar-refractivity contribution in [3.8, 4) is 0 Å². The fourth-order valence-corrected chi connectivity index (χ4v) is 3.59. The minimum absolute atomic E-state index is 0.353. The number of hydrogen-bond donors (Lipinski definition) is 1. The number of carbonyl (C=O) groups is 1. The Morgan fingerprint density at radius 1 is 1.14 bits per heavy atom. The van der Waals surface area contributed by atoms with Crippen LogP contribution in [0.5, 0.6) is 0 Å². The van der Waals surface area contributed by atoms with E-state index in [2.05, 4.69) is 15.4 Å². The summed E-state index contributed by atoms with van der Waals surface area (Å²) in [4.78, 5) is 21.5. The van der Waals surface area contributed by atoms with E-state index in [0.717, 1.165) is 37.1 Å². The van der Waals surface area contributed by atoms with Crippen molar-refractivity contribution in [2.24, 2.45) is 0 Å². The molecule has 1 N–H and O–H groups in total. The van der Waals surface area contributed by atoms with E-state index in [4.69, 9.17) is 14.5 Å². The van der Waals surface area contributed by atoms with Crippen LogP contribution in [0.3, 0.4) is 0 Å². The third-order valence-corrected chi connectivity index (χ3v) is 4.99. The van der Waals surface area contributed by atoms with E-state index in [1.807, 2.05) is 33.8 Å². The van der Waals surface area contributed by atoms with Crippen molar-refractivity contribution in [2.75, 3.05) is 12.4 Å². The molecule has 8 nitrogen and oxygen atoms in total. The van der Waals surface area contributed by atoms with E-state index in [0.29, 0.717) is 29.5 Å². The summed E-state index contributed by atoms with van der Waals surface area (Å²) < 4.78 is 12.1. The number of nitrogens with one attached hydrogen (secondary N) is 1. The van der Waals surface area contributed by atoms with Crippen LogP contribution in [0.4, 0.5) is 16.6 Å². The van der Waals surface area contributed by atoms with Crippen LogP contribution in [0.15, 0.2) is 12.1 Å². The average molecular weight is 402 g/mol. The Morgan fingerprint density at radius 2 is 1.83 bits per heavy atom. The second kappa shape index (κ2) is 8.49. The third-order valence-electron chi connectivity index (χ3n) is 4.99. The van der Waals surface area contributed by atoms with Crippen molar-refractivity contribution >= 4 is 17.9 Å². The zero-order chi connectivity index (χ0) is 21.2. The number of ether oxygens (including phenoxy) is 2. The zero-order valence-electron chi connectivity index (χ0n) is 18.2. The predicted molar refractivity (Wildman–Crippen MR) is 111 cm³/mol. The van der Waals surface area contributed by atoms with Gasteiger partial charge in [-0.2, -0.15) is 4.68 Å². The highest BCUT2D eigenvalue weighted by atomic mass is 16.6. The van der Waals surface area contributed by atoms with Crippen molar-refractivity contribution in [1.29, 1.82) is 0 Å². The van der Waals surface area contributed by atoms with Crippen LogP contribution in [0.2, 0.25) is 0 Å².